The number of carbonyl (C=O) groups excluding carboxylic acids is 1. The van der Waals surface area contributed by atoms with E-state index in [1.54, 1.807) is 17.7 Å². The van der Waals surface area contributed by atoms with E-state index in [0.29, 0.717) is 6.54 Å². The Morgan fingerprint density at radius 2 is 2.36 bits per heavy atom. The van der Waals surface area contributed by atoms with Crippen molar-refractivity contribution < 1.29 is 4.79 Å². The monoisotopic (exact) mass is 318 g/mol. The predicted octanol–water partition coefficient (Wildman–Crippen LogP) is 2.80. The molecular formula is C16H22N4OS. The van der Waals surface area contributed by atoms with Crippen LogP contribution >= 0.6 is 11.3 Å². The molecule has 5 nitrogen and oxygen atoms in total. The van der Waals surface area contributed by atoms with Crippen molar-refractivity contribution in [1.82, 2.24) is 20.1 Å². The Labute approximate surface area is 134 Å². The highest BCUT2D eigenvalue weighted by molar-refractivity contribution is 7.14. The van der Waals surface area contributed by atoms with E-state index in [0.717, 1.165) is 36.0 Å². The zero-order valence-corrected chi connectivity index (χ0v) is 13.9. The van der Waals surface area contributed by atoms with E-state index in [1.165, 1.54) is 23.3 Å². The van der Waals surface area contributed by atoms with Crippen LogP contribution in [-0.2, 0) is 25.9 Å². The summed E-state index contributed by atoms with van der Waals surface area (Å²) in [7, 11) is 0. The molecule has 1 aliphatic carbocycles. The Hall–Kier alpha value is -1.69. The molecule has 1 unspecified atom stereocenters. The van der Waals surface area contributed by atoms with Gasteiger partial charge in [0, 0.05) is 11.4 Å². The molecule has 0 radical (unpaired) electrons. The first-order chi connectivity index (χ1) is 10.7. The number of aromatic nitrogens is 3. The van der Waals surface area contributed by atoms with Gasteiger partial charge in [-0.25, -0.2) is 0 Å². The first-order valence-corrected chi connectivity index (χ1v) is 8.79. The lowest BCUT2D eigenvalue weighted by molar-refractivity contribution is 0.0953. The SMILES string of the molecule is CCC1CCc2sc(C(=O)NCc3nncn3CC)cc2C1. The molecule has 0 saturated carbocycles. The average Bonchev–Trinajstić information content (AvgIpc) is 3.17. The largest absolute Gasteiger partial charge is 0.344 e. The fourth-order valence-electron chi connectivity index (χ4n) is 2.99. The molecule has 22 heavy (non-hydrogen) atoms. The smallest absolute Gasteiger partial charge is 0.261 e. The summed E-state index contributed by atoms with van der Waals surface area (Å²) in [4.78, 5) is 14.6. The fourth-order valence-corrected chi connectivity index (χ4v) is 4.11. The quantitative estimate of drug-likeness (QED) is 0.922. The van der Waals surface area contributed by atoms with Crippen LogP contribution in [0.5, 0.6) is 0 Å². The van der Waals surface area contributed by atoms with Crippen molar-refractivity contribution in [2.45, 2.75) is 52.6 Å². The van der Waals surface area contributed by atoms with Crippen LogP contribution in [-0.4, -0.2) is 20.7 Å². The molecule has 2 heterocycles. The maximum atomic E-state index is 12.4. The van der Waals surface area contributed by atoms with Crippen molar-refractivity contribution in [3.63, 3.8) is 0 Å². The molecule has 1 atom stereocenters. The van der Waals surface area contributed by atoms with Crippen molar-refractivity contribution in [3.8, 4) is 0 Å². The van der Waals surface area contributed by atoms with E-state index >= 15 is 0 Å². The third-order valence-corrected chi connectivity index (χ3v) is 5.67. The number of hydrogen-bond acceptors (Lipinski definition) is 4. The summed E-state index contributed by atoms with van der Waals surface area (Å²) < 4.78 is 1.94. The number of nitrogens with one attached hydrogen (secondary N) is 1. The number of thiophene rings is 1. The van der Waals surface area contributed by atoms with Crippen LogP contribution in [0.2, 0.25) is 0 Å². The van der Waals surface area contributed by atoms with Crippen LogP contribution in [0.15, 0.2) is 12.4 Å². The van der Waals surface area contributed by atoms with Gasteiger partial charge in [0.05, 0.1) is 11.4 Å². The summed E-state index contributed by atoms with van der Waals surface area (Å²) >= 11 is 1.65. The van der Waals surface area contributed by atoms with E-state index in [1.807, 2.05) is 11.5 Å². The van der Waals surface area contributed by atoms with Gasteiger partial charge in [0.1, 0.15) is 6.33 Å². The topological polar surface area (TPSA) is 59.8 Å². The molecule has 1 N–H and O–H groups in total. The normalized spacial score (nSPS) is 17.3. The molecule has 118 valence electrons. The van der Waals surface area contributed by atoms with Gasteiger partial charge >= 0.3 is 0 Å². The van der Waals surface area contributed by atoms with Crippen LogP contribution in [0, 0.1) is 5.92 Å². The lowest BCUT2D eigenvalue weighted by atomic mass is 9.87. The van der Waals surface area contributed by atoms with Crippen molar-refractivity contribution in [3.05, 3.63) is 33.5 Å². The lowest BCUT2D eigenvalue weighted by Gasteiger charge is -2.19. The molecule has 3 rings (SSSR count). The molecular weight excluding hydrogens is 296 g/mol. The number of nitrogens with zero attached hydrogens (tertiary/aromatic N) is 3. The molecule has 0 bridgehead atoms. The summed E-state index contributed by atoms with van der Waals surface area (Å²) in [6, 6.07) is 2.09. The van der Waals surface area contributed by atoms with Crippen molar-refractivity contribution in [1.29, 1.82) is 0 Å². The van der Waals surface area contributed by atoms with Crippen LogP contribution in [0.25, 0.3) is 0 Å². The minimum Gasteiger partial charge on any atom is -0.344 e. The Bertz CT molecular complexity index is 661. The second-order valence-electron chi connectivity index (χ2n) is 5.79. The maximum absolute atomic E-state index is 12.4. The van der Waals surface area contributed by atoms with Gasteiger partial charge in [0.15, 0.2) is 5.82 Å². The highest BCUT2D eigenvalue weighted by Gasteiger charge is 2.22. The molecule has 2 aromatic rings. The second-order valence-corrected chi connectivity index (χ2v) is 6.93. The Morgan fingerprint density at radius 1 is 1.50 bits per heavy atom. The number of fused-ring (bicyclic) bond motifs is 1. The molecule has 0 aromatic carbocycles. The summed E-state index contributed by atoms with van der Waals surface area (Å²) in [5.74, 6) is 1.57. The van der Waals surface area contributed by atoms with Crippen LogP contribution in [0.1, 0.15) is 52.6 Å². The van der Waals surface area contributed by atoms with Gasteiger partial charge < -0.3 is 9.88 Å². The Kier molecular flexibility index (Phi) is 4.57. The Balaban J connectivity index is 1.65. The molecule has 1 amide bonds. The molecule has 0 fully saturated rings. The van der Waals surface area contributed by atoms with Gasteiger partial charge in [-0.15, -0.1) is 21.5 Å². The lowest BCUT2D eigenvalue weighted by Crippen LogP contribution is -2.23. The van der Waals surface area contributed by atoms with Gasteiger partial charge in [-0.2, -0.15) is 0 Å². The van der Waals surface area contributed by atoms with E-state index in [9.17, 15) is 4.79 Å². The summed E-state index contributed by atoms with van der Waals surface area (Å²) in [5.41, 5.74) is 1.38. The predicted molar refractivity (Wildman–Crippen MR) is 87.0 cm³/mol. The van der Waals surface area contributed by atoms with Gasteiger partial charge in [0.25, 0.3) is 5.91 Å². The third kappa shape index (κ3) is 3.06. The number of amides is 1. The minimum atomic E-state index is -0.00176. The zero-order chi connectivity index (χ0) is 15.5. The van der Waals surface area contributed by atoms with Crippen molar-refractivity contribution in [2.75, 3.05) is 0 Å². The summed E-state index contributed by atoms with van der Waals surface area (Å²) in [5, 5.41) is 10.9. The first kappa shape index (κ1) is 15.2. The van der Waals surface area contributed by atoms with Crippen LogP contribution in [0.3, 0.4) is 0 Å². The Morgan fingerprint density at radius 3 is 3.14 bits per heavy atom. The molecule has 1 aliphatic rings. The first-order valence-electron chi connectivity index (χ1n) is 7.97. The molecule has 0 spiro atoms. The van der Waals surface area contributed by atoms with E-state index < -0.39 is 0 Å². The van der Waals surface area contributed by atoms with Crippen molar-refractivity contribution in [2.24, 2.45) is 5.92 Å². The summed E-state index contributed by atoms with van der Waals surface area (Å²) in [6.07, 6.45) is 6.42. The van der Waals surface area contributed by atoms with Crippen molar-refractivity contribution >= 4 is 17.2 Å². The van der Waals surface area contributed by atoms with E-state index in [4.69, 9.17) is 0 Å². The van der Waals surface area contributed by atoms with Crippen LogP contribution in [0.4, 0.5) is 0 Å². The number of hydrogen-bond donors (Lipinski definition) is 1. The molecule has 0 saturated heterocycles. The minimum absolute atomic E-state index is 0.00176. The third-order valence-electron chi connectivity index (χ3n) is 4.43. The standard InChI is InChI=1S/C16H22N4OS/c1-3-11-5-6-13-12(7-11)8-14(22-13)16(21)17-9-15-19-18-10-20(15)4-2/h8,10-11H,3-7,9H2,1-2H3,(H,17,21). The zero-order valence-electron chi connectivity index (χ0n) is 13.1. The van der Waals surface area contributed by atoms with Gasteiger partial charge in [-0.1, -0.05) is 13.3 Å². The summed E-state index contributed by atoms with van der Waals surface area (Å²) in [6.45, 7) is 5.52. The van der Waals surface area contributed by atoms with E-state index in [-0.39, 0.29) is 5.91 Å². The van der Waals surface area contributed by atoms with Crippen LogP contribution < -0.4 is 5.32 Å². The molecule has 2 aromatic heterocycles. The highest BCUT2D eigenvalue weighted by atomic mass is 32.1. The number of rotatable bonds is 5. The molecule has 6 heteroatoms. The van der Waals surface area contributed by atoms with E-state index in [2.05, 4.69) is 28.5 Å². The molecule has 0 aliphatic heterocycles. The fraction of sp³-hybridized carbons (Fsp3) is 0.562. The number of aryl methyl sites for hydroxylation is 2. The van der Waals surface area contributed by atoms with Gasteiger partial charge in [-0.05, 0) is 43.7 Å². The highest BCUT2D eigenvalue weighted by Crippen LogP contribution is 2.33. The average molecular weight is 318 g/mol. The van der Waals surface area contributed by atoms with Gasteiger partial charge in [0.2, 0.25) is 0 Å². The maximum Gasteiger partial charge on any atom is 0.261 e. The number of carbonyl (C=O) groups is 1. The second kappa shape index (κ2) is 6.60. The van der Waals surface area contributed by atoms with Gasteiger partial charge in [-0.3, -0.25) is 4.79 Å².